The third-order valence-corrected chi connectivity index (χ3v) is 4.35. The van der Waals surface area contributed by atoms with Gasteiger partial charge in [0.25, 0.3) is 0 Å². The van der Waals surface area contributed by atoms with Crippen LogP contribution in [0.2, 0.25) is 0 Å². The summed E-state index contributed by atoms with van der Waals surface area (Å²) in [4.78, 5) is 10.7. The third kappa shape index (κ3) is 4.87. The van der Waals surface area contributed by atoms with E-state index in [2.05, 4.69) is 0 Å². The van der Waals surface area contributed by atoms with Crippen LogP contribution < -0.4 is 0 Å². The summed E-state index contributed by atoms with van der Waals surface area (Å²) >= 11 is 0. The molecule has 0 atom stereocenters. The molecular weight excluding hydrogens is 252 g/mol. The van der Waals surface area contributed by atoms with Gasteiger partial charge in [-0.1, -0.05) is 38.1 Å². The van der Waals surface area contributed by atoms with Crippen LogP contribution in [0.4, 0.5) is 0 Å². The summed E-state index contributed by atoms with van der Waals surface area (Å²) in [6.45, 7) is 3.70. The Bertz CT molecular complexity index is 518. The molecule has 0 radical (unpaired) electrons. The van der Waals surface area contributed by atoms with E-state index in [-0.39, 0.29) is 23.8 Å². The summed E-state index contributed by atoms with van der Waals surface area (Å²) < 4.78 is 23.8. The molecule has 1 aromatic carbocycles. The fourth-order valence-corrected chi connectivity index (χ4v) is 3.73. The van der Waals surface area contributed by atoms with E-state index < -0.39 is 15.8 Å². The van der Waals surface area contributed by atoms with Crippen LogP contribution in [0, 0.1) is 5.92 Å². The number of rotatable bonds is 6. The van der Waals surface area contributed by atoms with Gasteiger partial charge in [-0.15, -0.1) is 0 Å². The molecule has 0 spiro atoms. The maximum absolute atomic E-state index is 11.9. The molecule has 1 rings (SSSR count). The molecular formula is C13H18O4S. The average molecular weight is 270 g/mol. The minimum absolute atomic E-state index is 0.0710. The Hall–Kier alpha value is -1.36. The van der Waals surface area contributed by atoms with Crippen molar-refractivity contribution in [2.24, 2.45) is 5.92 Å². The minimum atomic E-state index is -3.19. The van der Waals surface area contributed by atoms with Gasteiger partial charge >= 0.3 is 5.97 Å². The lowest BCUT2D eigenvalue weighted by molar-refractivity contribution is -0.136. The quantitative estimate of drug-likeness (QED) is 0.856. The summed E-state index contributed by atoms with van der Waals surface area (Å²) in [5, 5.41) is 8.79. The second kappa shape index (κ2) is 6.00. The zero-order chi connectivity index (χ0) is 13.8. The summed E-state index contributed by atoms with van der Waals surface area (Å²) in [6, 6.07) is 6.78. The first kappa shape index (κ1) is 14.7. The smallest absolute Gasteiger partial charge is 0.307 e. The number of hydrogen-bond acceptors (Lipinski definition) is 3. The Morgan fingerprint density at radius 1 is 1.22 bits per heavy atom. The molecule has 1 N–H and O–H groups in total. The molecule has 1 aromatic rings. The molecule has 0 aliphatic carbocycles. The van der Waals surface area contributed by atoms with Crippen LogP contribution in [0.5, 0.6) is 0 Å². The van der Waals surface area contributed by atoms with Gasteiger partial charge in [0.1, 0.15) is 0 Å². The van der Waals surface area contributed by atoms with Crippen molar-refractivity contribution in [3.05, 3.63) is 35.4 Å². The van der Waals surface area contributed by atoms with E-state index in [9.17, 15) is 13.2 Å². The third-order valence-electron chi connectivity index (χ3n) is 2.42. The van der Waals surface area contributed by atoms with E-state index in [1.807, 2.05) is 13.8 Å². The fourth-order valence-electron chi connectivity index (χ4n) is 1.84. The second-order valence-corrected chi connectivity index (χ2v) is 6.90. The molecule has 4 nitrogen and oxygen atoms in total. The van der Waals surface area contributed by atoms with Gasteiger partial charge in [-0.3, -0.25) is 4.79 Å². The number of sulfone groups is 1. The summed E-state index contributed by atoms with van der Waals surface area (Å²) in [7, 11) is -3.19. The van der Waals surface area contributed by atoms with Crippen LogP contribution in [0.3, 0.4) is 0 Å². The highest BCUT2D eigenvalue weighted by atomic mass is 32.2. The van der Waals surface area contributed by atoms with Crippen LogP contribution in [0.25, 0.3) is 0 Å². The van der Waals surface area contributed by atoms with Gasteiger partial charge in [-0.25, -0.2) is 8.42 Å². The fraction of sp³-hybridized carbons (Fsp3) is 0.462. The first-order valence-electron chi connectivity index (χ1n) is 5.79. The van der Waals surface area contributed by atoms with Crippen LogP contribution in [-0.4, -0.2) is 25.2 Å². The lowest BCUT2D eigenvalue weighted by Crippen LogP contribution is -2.15. The number of carboxylic acids is 1. The lowest BCUT2D eigenvalue weighted by atomic mass is 10.1. The van der Waals surface area contributed by atoms with Crippen LogP contribution >= 0.6 is 0 Å². The summed E-state index contributed by atoms with van der Waals surface area (Å²) in [6.07, 6.45) is -0.145. The summed E-state index contributed by atoms with van der Waals surface area (Å²) in [5.41, 5.74) is 1.15. The molecule has 0 aliphatic rings. The first-order chi connectivity index (χ1) is 8.30. The predicted molar refractivity (Wildman–Crippen MR) is 70.1 cm³/mol. The van der Waals surface area contributed by atoms with Crippen molar-refractivity contribution in [2.45, 2.75) is 26.0 Å². The van der Waals surface area contributed by atoms with Gasteiger partial charge in [0.15, 0.2) is 9.84 Å². The molecule has 0 bridgehead atoms. The lowest BCUT2D eigenvalue weighted by Gasteiger charge is -2.10. The largest absolute Gasteiger partial charge is 0.481 e. The molecule has 0 aromatic heterocycles. The Kier molecular flexibility index (Phi) is 4.90. The van der Waals surface area contributed by atoms with Gasteiger partial charge in [-0.05, 0) is 17.0 Å². The van der Waals surface area contributed by atoms with Crippen molar-refractivity contribution in [3.8, 4) is 0 Å². The number of aliphatic carboxylic acids is 1. The maximum atomic E-state index is 11.9. The number of hydrogen-bond donors (Lipinski definition) is 1. The van der Waals surface area contributed by atoms with Crippen molar-refractivity contribution < 1.29 is 18.3 Å². The Labute approximate surface area is 108 Å². The number of carbonyl (C=O) groups is 1. The Morgan fingerprint density at radius 3 is 2.28 bits per heavy atom. The number of benzene rings is 1. The Morgan fingerprint density at radius 2 is 1.78 bits per heavy atom. The molecule has 0 fully saturated rings. The highest BCUT2D eigenvalue weighted by Crippen LogP contribution is 2.15. The Balaban J connectivity index is 2.93. The van der Waals surface area contributed by atoms with E-state index in [1.165, 1.54) is 0 Å². The van der Waals surface area contributed by atoms with Crippen molar-refractivity contribution in [2.75, 3.05) is 5.75 Å². The maximum Gasteiger partial charge on any atom is 0.307 e. The highest BCUT2D eigenvalue weighted by Gasteiger charge is 2.16. The molecule has 100 valence electrons. The van der Waals surface area contributed by atoms with E-state index >= 15 is 0 Å². The first-order valence-corrected chi connectivity index (χ1v) is 7.61. The van der Waals surface area contributed by atoms with E-state index in [0.29, 0.717) is 11.1 Å². The molecule has 0 saturated carbocycles. The van der Waals surface area contributed by atoms with Gasteiger partial charge < -0.3 is 5.11 Å². The van der Waals surface area contributed by atoms with Gasteiger partial charge in [0.05, 0.1) is 17.9 Å². The SMILES string of the molecule is CC(C)CS(=O)(=O)Cc1ccccc1CC(=O)O. The van der Waals surface area contributed by atoms with E-state index in [1.54, 1.807) is 24.3 Å². The van der Waals surface area contributed by atoms with Crippen molar-refractivity contribution >= 4 is 15.8 Å². The average Bonchev–Trinajstić information content (AvgIpc) is 2.17. The molecule has 5 heteroatoms. The van der Waals surface area contributed by atoms with Crippen LogP contribution in [0.1, 0.15) is 25.0 Å². The zero-order valence-electron chi connectivity index (χ0n) is 10.6. The molecule has 0 heterocycles. The minimum Gasteiger partial charge on any atom is -0.481 e. The predicted octanol–water partition coefficient (Wildman–Crippen LogP) is 1.88. The molecule has 0 saturated heterocycles. The zero-order valence-corrected chi connectivity index (χ0v) is 11.4. The van der Waals surface area contributed by atoms with E-state index in [4.69, 9.17) is 5.11 Å². The van der Waals surface area contributed by atoms with E-state index in [0.717, 1.165) is 0 Å². The molecule has 0 aliphatic heterocycles. The summed E-state index contributed by atoms with van der Waals surface area (Å²) in [5.74, 6) is -0.853. The molecule has 0 amide bonds. The van der Waals surface area contributed by atoms with Crippen molar-refractivity contribution in [3.63, 3.8) is 0 Å². The topological polar surface area (TPSA) is 71.4 Å². The van der Waals surface area contributed by atoms with Crippen LogP contribution in [0.15, 0.2) is 24.3 Å². The van der Waals surface area contributed by atoms with Crippen molar-refractivity contribution in [1.29, 1.82) is 0 Å². The monoisotopic (exact) mass is 270 g/mol. The van der Waals surface area contributed by atoms with Crippen molar-refractivity contribution in [1.82, 2.24) is 0 Å². The van der Waals surface area contributed by atoms with Gasteiger partial charge in [0, 0.05) is 0 Å². The molecule has 0 unspecified atom stereocenters. The second-order valence-electron chi connectivity index (χ2n) is 4.79. The highest BCUT2D eigenvalue weighted by molar-refractivity contribution is 7.90. The standard InChI is InChI=1S/C13H18O4S/c1-10(2)8-18(16,17)9-12-6-4-3-5-11(12)7-13(14)15/h3-6,10H,7-9H2,1-2H3,(H,14,15). The number of carboxylic acid groups (broad SMARTS) is 1. The normalized spacial score (nSPS) is 11.7. The van der Waals surface area contributed by atoms with Crippen LogP contribution in [-0.2, 0) is 26.8 Å². The van der Waals surface area contributed by atoms with Gasteiger partial charge in [-0.2, -0.15) is 0 Å². The molecule has 18 heavy (non-hydrogen) atoms. The van der Waals surface area contributed by atoms with Gasteiger partial charge in [0.2, 0.25) is 0 Å².